The fourth-order valence-corrected chi connectivity index (χ4v) is 5.38. The molecule has 1 fully saturated rings. The number of carbonyl (C=O) groups is 1. The van der Waals surface area contributed by atoms with E-state index in [9.17, 15) is 4.79 Å². The molecule has 0 spiro atoms. The van der Waals surface area contributed by atoms with Gasteiger partial charge in [0.15, 0.2) is 0 Å². The third-order valence-electron chi connectivity index (χ3n) is 6.87. The minimum Gasteiger partial charge on any atom is -0.458 e. The first-order valence-corrected chi connectivity index (χ1v) is 10.5. The van der Waals surface area contributed by atoms with Gasteiger partial charge in [-0.1, -0.05) is 69.9 Å². The molecule has 0 radical (unpaired) electrons. The summed E-state index contributed by atoms with van der Waals surface area (Å²) >= 11 is 0. The molecule has 1 aromatic rings. The highest BCUT2D eigenvalue weighted by molar-refractivity contribution is 5.89. The van der Waals surface area contributed by atoms with E-state index in [1.807, 2.05) is 30.3 Å². The van der Waals surface area contributed by atoms with Gasteiger partial charge in [-0.2, -0.15) is 0 Å². The molecule has 0 N–H and O–H groups in total. The fourth-order valence-electron chi connectivity index (χ4n) is 5.38. The van der Waals surface area contributed by atoms with E-state index in [1.165, 1.54) is 32.1 Å². The van der Waals surface area contributed by atoms with Gasteiger partial charge in [-0.25, -0.2) is 4.79 Å². The Morgan fingerprint density at radius 1 is 1.23 bits per heavy atom. The standard InChI is InChI=1S/C24H34O2/c1-4-6-10-18-13-14-20-17-21(15-16-24(20,3)22(18)5-2)26-23(25)19-11-8-7-9-12-19/h7-9,11-12,14,18,21-22H,4-6,10,13,15-17H2,1-3H3/t18-,21+,22+,24+/m1/s1. The first kappa shape index (κ1) is 19.2. The van der Waals surface area contributed by atoms with E-state index in [2.05, 4.69) is 26.8 Å². The van der Waals surface area contributed by atoms with Crippen LogP contribution in [0.1, 0.15) is 82.5 Å². The molecule has 2 aliphatic rings. The van der Waals surface area contributed by atoms with Gasteiger partial charge >= 0.3 is 5.97 Å². The average molecular weight is 355 g/mol. The lowest BCUT2D eigenvalue weighted by Crippen LogP contribution is -2.42. The van der Waals surface area contributed by atoms with Crippen LogP contribution in [0.2, 0.25) is 0 Å². The largest absolute Gasteiger partial charge is 0.458 e. The van der Waals surface area contributed by atoms with Gasteiger partial charge in [0.25, 0.3) is 0 Å². The summed E-state index contributed by atoms with van der Waals surface area (Å²) in [6.45, 7) is 7.12. The summed E-state index contributed by atoms with van der Waals surface area (Å²) in [5, 5.41) is 0. The molecule has 2 aliphatic carbocycles. The van der Waals surface area contributed by atoms with Gasteiger partial charge in [0.1, 0.15) is 6.10 Å². The molecule has 1 saturated carbocycles. The SMILES string of the molecule is CCCC[C@@H]1CC=C2C[C@@H](OC(=O)c3ccccc3)CC[C@]2(C)[C@H]1CC. The van der Waals surface area contributed by atoms with Crippen LogP contribution in [0.15, 0.2) is 42.0 Å². The summed E-state index contributed by atoms with van der Waals surface area (Å²) in [4.78, 5) is 12.4. The van der Waals surface area contributed by atoms with E-state index in [0.717, 1.165) is 31.1 Å². The number of hydrogen-bond acceptors (Lipinski definition) is 2. The predicted octanol–water partition coefficient (Wildman–Crippen LogP) is 6.56. The fraction of sp³-hybridized carbons (Fsp3) is 0.625. The van der Waals surface area contributed by atoms with Gasteiger partial charge in [-0.15, -0.1) is 0 Å². The van der Waals surface area contributed by atoms with Crippen LogP contribution in [-0.2, 0) is 4.74 Å². The van der Waals surface area contributed by atoms with Crippen molar-refractivity contribution in [2.75, 3.05) is 0 Å². The van der Waals surface area contributed by atoms with Crippen molar-refractivity contribution in [3.8, 4) is 0 Å². The van der Waals surface area contributed by atoms with Gasteiger partial charge in [0.05, 0.1) is 5.56 Å². The van der Waals surface area contributed by atoms with Crippen LogP contribution in [-0.4, -0.2) is 12.1 Å². The van der Waals surface area contributed by atoms with E-state index in [1.54, 1.807) is 5.57 Å². The third kappa shape index (κ3) is 3.89. The Balaban J connectivity index is 1.68. The number of esters is 1. The maximum absolute atomic E-state index is 12.4. The van der Waals surface area contributed by atoms with Gasteiger partial charge in [-0.05, 0) is 55.1 Å². The zero-order chi connectivity index (χ0) is 18.6. The lowest BCUT2D eigenvalue weighted by molar-refractivity contribution is 0.00518. The second kappa shape index (κ2) is 8.41. The smallest absolute Gasteiger partial charge is 0.338 e. The van der Waals surface area contributed by atoms with Crippen LogP contribution >= 0.6 is 0 Å². The quantitative estimate of drug-likeness (QED) is 0.427. The molecular weight excluding hydrogens is 320 g/mol. The van der Waals surface area contributed by atoms with Crippen LogP contribution in [0.4, 0.5) is 0 Å². The molecule has 2 nitrogen and oxygen atoms in total. The number of benzene rings is 1. The van der Waals surface area contributed by atoms with Crippen molar-refractivity contribution in [3.63, 3.8) is 0 Å². The van der Waals surface area contributed by atoms with Crippen molar-refractivity contribution in [2.45, 2.75) is 78.2 Å². The van der Waals surface area contributed by atoms with Crippen molar-refractivity contribution < 1.29 is 9.53 Å². The molecule has 0 aromatic heterocycles. The highest BCUT2D eigenvalue weighted by atomic mass is 16.5. The zero-order valence-corrected chi connectivity index (χ0v) is 16.7. The Morgan fingerprint density at radius 3 is 2.69 bits per heavy atom. The van der Waals surface area contributed by atoms with Crippen molar-refractivity contribution >= 4 is 5.97 Å². The van der Waals surface area contributed by atoms with Crippen LogP contribution < -0.4 is 0 Å². The van der Waals surface area contributed by atoms with Gasteiger partial charge in [-0.3, -0.25) is 0 Å². The highest BCUT2D eigenvalue weighted by Gasteiger charge is 2.46. The lowest BCUT2D eigenvalue weighted by atomic mass is 9.55. The number of rotatable bonds is 6. The number of unbranched alkanes of at least 4 members (excludes halogenated alkanes) is 1. The van der Waals surface area contributed by atoms with E-state index in [4.69, 9.17) is 4.74 Å². The second-order valence-electron chi connectivity index (χ2n) is 8.44. The molecule has 0 amide bonds. The van der Waals surface area contributed by atoms with Crippen molar-refractivity contribution in [1.82, 2.24) is 0 Å². The number of carbonyl (C=O) groups excluding carboxylic acids is 1. The van der Waals surface area contributed by atoms with E-state index in [0.29, 0.717) is 11.0 Å². The van der Waals surface area contributed by atoms with Crippen molar-refractivity contribution in [2.24, 2.45) is 17.3 Å². The van der Waals surface area contributed by atoms with E-state index in [-0.39, 0.29) is 12.1 Å². The average Bonchev–Trinajstić information content (AvgIpc) is 2.66. The summed E-state index contributed by atoms with van der Waals surface area (Å²) in [5.41, 5.74) is 2.51. The maximum Gasteiger partial charge on any atom is 0.338 e. The molecule has 142 valence electrons. The van der Waals surface area contributed by atoms with Gasteiger partial charge in [0, 0.05) is 6.42 Å². The first-order chi connectivity index (χ1) is 12.6. The zero-order valence-electron chi connectivity index (χ0n) is 16.7. The molecule has 0 saturated heterocycles. The Kier molecular flexibility index (Phi) is 6.21. The Morgan fingerprint density at radius 2 is 2.00 bits per heavy atom. The molecule has 3 rings (SSSR count). The Labute approximate surface area is 159 Å². The summed E-state index contributed by atoms with van der Waals surface area (Å²) < 4.78 is 5.85. The Hall–Kier alpha value is -1.57. The normalized spacial score (nSPS) is 31.0. The van der Waals surface area contributed by atoms with Crippen LogP contribution in [0.3, 0.4) is 0 Å². The third-order valence-corrected chi connectivity index (χ3v) is 6.87. The van der Waals surface area contributed by atoms with E-state index < -0.39 is 0 Å². The molecule has 0 heterocycles. The summed E-state index contributed by atoms with van der Waals surface area (Å²) in [7, 11) is 0. The summed E-state index contributed by atoms with van der Waals surface area (Å²) in [6, 6.07) is 9.37. The molecule has 0 bridgehead atoms. The maximum atomic E-state index is 12.4. The van der Waals surface area contributed by atoms with E-state index >= 15 is 0 Å². The number of ether oxygens (including phenoxy) is 1. The molecule has 0 unspecified atom stereocenters. The van der Waals surface area contributed by atoms with Crippen molar-refractivity contribution in [1.29, 1.82) is 0 Å². The number of hydrogen-bond donors (Lipinski definition) is 0. The molecule has 2 heteroatoms. The second-order valence-corrected chi connectivity index (χ2v) is 8.44. The summed E-state index contributed by atoms with van der Waals surface area (Å²) in [6.07, 6.45) is 12.1. The van der Waals surface area contributed by atoms with Crippen molar-refractivity contribution in [3.05, 3.63) is 47.5 Å². The predicted molar refractivity (Wildman–Crippen MR) is 107 cm³/mol. The van der Waals surface area contributed by atoms with Gasteiger partial charge in [0.2, 0.25) is 0 Å². The Bertz CT molecular complexity index is 633. The lowest BCUT2D eigenvalue weighted by Gasteiger charge is -2.50. The van der Waals surface area contributed by atoms with Crippen LogP contribution in [0, 0.1) is 17.3 Å². The molecule has 26 heavy (non-hydrogen) atoms. The molecular formula is C24H34O2. The summed E-state index contributed by atoms with van der Waals surface area (Å²) in [5.74, 6) is 1.43. The number of allylic oxidation sites excluding steroid dienone is 1. The monoisotopic (exact) mass is 354 g/mol. The minimum atomic E-state index is -0.177. The molecule has 0 aliphatic heterocycles. The van der Waals surface area contributed by atoms with Crippen LogP contribution in [0.5, 0.6) is 0 Å². The first-order valence-electron chi connectivity index (χ1n) is 10.5. The molecule has 4 atom stereocenters. The topological polar surface area (TPSA) is 26.3 Å². The molecule has 1 aromatic carbocycles. The van der Waals surface area contributed by atoms with Crippen LogP contribution in [0.25, 0.3) is 0 Å². The number of fused-ring (bicyclic) bond motifs is 1. The van der Waals surface area contributed by atoms with Gasteiger partial charge < -0.3 is 4.74 Å². The highest BCUT2D eigenvalue weighted by Crippen LogP contribution is 2.55. The minimum absolute atomic E-state index is 0.0340.